The zero-order valence-electron chi connectivity index (χ0n) is 11.1. The third-order valence-electron chi connectivity index (χ3n) is 3.44. The van der Waals surface area contributed by atoms with Crippen LogP contribution in [0.4, 0.5) is 4.39 Å². The van der Waals surface area contributed by atoms with Gasteiger partial charge in [0.25, 0.3) is 5.91 Å². The molecule has 1 saturated heterocycles. The highest BCUT2D eigenvalue weighted by molar-refractivity contribution is 6.32. The van der Waals surface area contributed by atoms with Crippen LogP contribution in [0.5, 0.6) is 0 Å². The summed E-state index contributed by atoms with van der Waals surface area (Å²) in [6.07, 6.45) is 0.947. The molecule has 2 rings (SSSR count). The van der Waals surface area contributed by atoms with Gasteiger partial charge in [0.1, 0.15) is 11.0 Å². The highest BCUT2D eigenvalue weighted by Crippen LogP contribution is 2.27. The molecule has 5 nitrogen and oxygen atoms in total. The van der Waals surface area contributed by atoms with E-state index in [0.717, 1.165) is 12.3 Å². The first-order valence-electron chi connectivity index (χ1n) is 6.12. The molecule has 1 aromatic heterocycles. The predicted octanol–water partition coefficient (Wildman–Crippen LogP) is 1.76. The summed E-state index contributed by atoms with van der Waals surface area (Å²) in [5.41, 5.74) is 0.00406. The van der Waals surface area contributed by atoms with Crippen LogP contribution in [0, 0.1) is 17.7 Å². The van der Waals surface area contributed by atoms with Crippen molar-refractivity contribution in [2.45, 2.75) is 6.92 Å². The average Bonchev–Trinajstić information content (AvgIpc) is 2.82. The Morgan fingerprint density at radius 3 is 2.85 bits per heavy atom. The molecule has 1 aliphatic heterocycles. The van der Waals surface area contributed by atoms with Crippen molar-refractivity contribution in [3.05, 3.63) is 28.8 Å². The minimum atomic E-state index is -0.630. The highest BCUT2D eigenvalue weighted by Gasteiger charge is 2.38. The molecule has 2 heterocycles. The number of rotatable bonds is 2. The van der Waals surface area contributed by atoms with Gasteiger partial charge in [-0.1, -0.05) is 18.5 Å². The lowest BCUT2D eigenvalue weighted by Gasteiger charge is -2.16. The standard InChI is InChI=1S/C13H14ClFN2O3/c1-7-5-17(6-10(7)13(19)20-2)12(18)9-3-8(15)4-16-11(9)14/h3-4,7,10H,5-6H2,1-2H3. The number of methoxy groups -OCH3 is 1. The molecule has 108 valence electrons. The maximum Gasteiger partial charge on any atom is 0.310 e. The third kappa shape index (κ3) is 2.75. The molecule has 2 unspecified atom stereocenters. The van der Waals surface area contributed by atoms with Crippen molar-refractivity contribution in [1.29, 1.82) is 0 Å². The van der Waals surface area contributed by atoms with Crippen molar-refractivity contribution in [3.8, 4) is 0 Å². The molecule has 0 N–H and O–H groups in total. The largest absolute Gasteiger partial charge is 0.469 e. The van der Waals surface area contributed by atoms with Crippen LogP contribution in [0.2, 0.25) is 5.15 Å². The Bertz CT molecular complexity index is 552. The van der Waals surface area contributed by atoms with Gasteiger partial charge < -0.3 is 9.64 Å². The SMILES string of the molecule is COC(=O)C1CN(C(=O)c2cc(F)cnc2Cl)CC1C. The second kappa shape index (κ2) is 5.75. The van der Waals surface area contributed by atoms with E-state index in [0.29, 0.717) is 6.54 Å². The van der Waals surface area contributed by atoms with Gasteiger partial charge in [0.15, 0.2) is 0 Å². The number of nitrogens with zero attached hydrogens (tertiary/aromatic N) is 2. The van der Waals surface area contributed by atoms with Crippen LogP contribution in [0.25, 0.3) is 0 Å². The number of carbonyl (C=O) groups excluding carboxylic acids is 2. The zero-order valence-corrected chi connectivity index (χ0v) is 11.9. The lowest BCUT2D eigenvalue weighted by Crippen LogP contribution is -2.30. The van der Waals surface area contributed by atoms with Gasteiger partial charge in [-0.25, -0.2) is 9.37 Å². The molecule has 1 fully saturated rings. The van der Waals surface area contributed by atoms with E-state index in [1.165, 1.54) is 12.0 Å². The second-order valence-corrected chi connectivity index (χ2v) is 5.17. The molecule has 0 aromatic carbocycles. The number of likely N-dealkylation sites (tertiary alicyclic amines) is 1. The lowest BCUT2D eigenvalue weighted by molar-refractivity contribution is -0.146. The van der Waals surface area contributed by atoms with Gasteiger partial charge in [0.2, 0.25) is 0 Å². The molecule has 7 heteroatoms. The maximum absolute atomic E-state index is 13.2. The Balaban J connectivity index is 2.19. The van der Waals surface area contributed by atoms with Gasteiger partial charge in [-0.15, -0.1) is 0 Å². The Kier molecular flexibility index (Phi) is 4.23. The van der Waals surface area contributed by atoms with E-state index in [9.17, 15) is 14.0 Å². The number of aromatic nitrogens is 1. The smallest absolute Gasteiger partial charge is 0.310 e. The summed E-state index contributed by atoms with van der Waals surface area (Å²) in [7, 11) is 1.31. The van der Waals surface area contributed by atoms with Gasteiger partial charge in [-0.2, -0.15) is 0 Å². The Hall–Kier alpha value is -1.69. The number of halogens is 2. The van der Waals surface area contributed by atoms with Gasteiger partial charge in [0.05, 0.1) is 24.8 Å². The molecule has 0 saturated carbocycles. The van der Waals surface area contributed by atoms with E-state index in [-0.39, 0.29) is 35.1 Å². The molecule has 1 aliphatic rings. The summed E-state index contributed by atoms with van der Waals surface area (Å²) >= 11 is 5.82. The van der Waals surface area contributed by atoms with Crippen LogP contribution in [0.15, 0.2) is 12.3 Å². The molecule has 2 atom stereocenters. The fourth-order valence-corrected chi connectivity index (χ4v) is 2.52. The number of ether oxygens (including phenoxy) is 1. The Labute approximate surface area is 120 Å². The summed E-state index contributed by atoms with van der Waals surface area (Å²) in [6, 6.07) is 1.05. The van der Waals surface area contributed by atoms with Crippen LogP contribution in [-0.2, 0) is 9.53 Å². The van der Waals surface area contributed by atoms with Gasteiger partial charge in [-0.05, 0) is 12.0 Å². The molecule has 20 heavy (non-hydrogen) atoms. The topological polar surface area (TPSA) is 59.5 Å². The van der Waals surface area contributed by atoms with Gasteiger partial charge in [0, 0.05) is 13.1 Å². The normalized spacial score (nSPS) is 21.9. The maximum atomic E-state index is 13.2. The van der Waals surface area contributed by atoms with Crippen LogP contribution in [0.3, 0.4) is 0 Å². The minimum Gasteiger partial charge on any atom is -0.469 e. The average molecular weight is 301 g/mol. The van der Waals surface area contributed by atoms with Crippen molar-refractivity contribution >= 4 is 23.5 Å². The van der Waals surface area contributed by atoms with Crippen molar-refractivity contribution in [1.82, 2.24) is 9.88 Å². The van der Waals surface area contributed by atoms with Gasteiger partial charge in [-0.3, -0.25) is 9.59 Å². The van der Waals surface area contributed by atoms with E-state index < -0.39 is 11.7 Å². The fourth-order valence-electron chi connectivity index (χ4n) is 2.33. The van der Waals surface area contributed by atoms with Crippen LogP contribution < -0.4 is 0 Å². The first-order valence-corrected chi connectivity index (χ1v) is 6.50. The van der Waals surface area contributed by atoms with E-state index in [1.807, 2.05) is 6.92 Å². The molecule has 0 bridgehead atoms. The van der Waals surface area contributed by atoms with E-state index in [2.05, 4.69) is 4.98 Å². The summed E-state index contributed by atoms with van der Waals surface area (Å²) in [5, 5.41) is -0.0504. The van der Waals surface area contributed by atoms with E-state index >= 15 is 0 Å². The third-order valence-corrected chi connectivity index (χ3v) is 3.74. The second-order valence-electron chi connectivity index (χ2n) is 4.81. The number of hydrogen-bond acceptors (Lipinski definition) is 4. The first-order chi connectivity index (χ1) is 9.43. The summed E-state index contributed by atoms with van der Waals surface area (Å²) in [4.78, 5) is 29.0. The molecule has 0 spiro atoms. The quantitative estimate of drug-likeness (QED) is 0.617. The van der Waals surface area contributed by atoms with Crippen LogP contribution >= 0.6 is 11.6 Å². The molecule has 0 aliphatic carbocycles. The number of amides is 1. The van der Waals surface area contributed by atoms with Crippen LogP contribution in [-0.4, -0.2) is 42.0 Å². The van der Waals surface area contributed by atoms with Crippen molar-refractivity contribution < 1.29 is 18.7 Å². The fraction of sp³-hybridized carbons (Fsp3) is 0.462. The molecule has 1 aromatic rings. The predicted molar refractivity (Wildman–Crippen MR) is 69.8 cm³/mol. The zero-order chi connectivity index (χ0) is 14.9. The Morgan fingerprint density at radius 1 is 1.50 bits per heavy atom. The summed E-state index contributed by atoms with van der Waals surface area (Å²) in [6.45, 7) is 2.49. The minimum absolute atomic E-state index is 0.00406. The summed E-state index contributed by atoms with van der Waals surface area (Å²) in [5.74, 6) is -1.80. The summed E-state index contributed by atoms with van der Waals surface area (Å²) < 4.78 is 17.9. The van der Waals surface area contributed by atoms with Crippen molar-refractivity contribution in [2.24, 2.45) is 11.8 Å². The number of pyridine rings is 1. The number of carbonyl (C=O) groups is 2. The number of esters is 1. The first kappa shape index (κ1) is 14.7. The molecule has 1 amide bonds. The molecular formula is C13H14ClFN2O3. The number of hydrogen-bond donors (Lipinski definition) is 0. The molecule has 0 radical (unpaired) electrons. The lowest BCUT2D eigenvalue weighted by atomic mass is 9.99. The monoisotopic (exact) mass is 300 g/mol. The van der Waals surface area contributed by atoms with E-state index in [1.54, 1.807) is 0 Å². The van der Waals surface area contributed by atoms with E-state index in [4.69, 9.17) is 16.3 Å². The molecular weight excluding hydrogens is 287 g/mol. The highest BCUT2D eigenvalue weighted by atomic mass is 35.5. The van der Waals surface area contributed by atoms with Crippen molar-refractivity contribution in [2.75, 3.05) is 20.2 Å². The van der Waals surface area contributed by atoms with Crippen molar-refractivity contribution in [3.63, 3.8) is 0 Å². The van der Waals surface area contributed by atoms with Crippen LogP contribution in [0.1, 0.15) is 17.3 Å². The Morgan fingerprint density at radius 2 is 2.20 bits per heavy atom. The van der Waals surface area contributed by atoms with Gasteiger partial charge >= 0.3 is 5.97 Å².